The maximum Gasteiger partial charge on any atom is 0.228 e. The lowest BCUT2D eigenvalue weighted by Crippen LogP contribution is -2.34. The normalized spacial score (nSPS) is 14.9. The monoisotopic (exact) mass is 485 g/mol. The van der Waals surface area contributed by atoms with E-state index >= 15 is 0 Å². The first-order chi connectivity index (χ1) is 17.1. The quantitative estimate of drug-likeness (QED) is 0.305. The molecule has 1 amide bonds. The second kappa shape index (κ2) is 10.7. The van der Waals surface area contributed by atoms with Crippen LogP contribution in [0.3, 0.4) is 0 Å². The number of carbonyl (C=O) groups excluding carboxylic acids is 1. The molecule has 1 aliphatic heterocycles. The molecule has 0 saturated carbocycles. The van der Waals surface area contributed by atoms with Crippen LogP contribution >= 0.6 is 11.6 Å². The van der Waals surface area contributed by atoms with Crippen LogP contribution in [0.25, 0.3) is 10.9 Å². The minimum atomic E-state index is 0.0200. The third-order valence-corrected chi connectivity index (χ3v) is 7.58. The van der Waals surface area contributed by atoms with Crippen molar-refractivity contribution in [3.8, 4) is 0 Å². The summed E-state index contributed by atoms with van der Waals surface area (Å²) in [6.07, 6.45) is 5.85. The van der Waals surface area contributed by atoms with Crippen molar-refractivity contribution in [3.05, 3.63) is 100 Å². The zero-order valence-corrected chi connectivity index (χ0v) is 20.9. The second-order valence-corrected chi connectivity index (χ2v) is 10.0. The van der Waals surface area contributed by atoms with E-state index in [1.54, 1.807) is 0 Å². The third kappa shape index (κ3) is 5.61. The number of benzene rings is 3. The number of likely N-dealkylation sites (tertiary alicyclic amines) is 1. The number of anilines is 1. The van der Waals surface area contributed by atoms with Crippen LogP contribution in [-0.4, -0.2) is 35.4 Å². The summed E-state index contributed by atoms with van der Waals surface area (Å²) in [6.45, 7) is 5.39. The van der Waals surface area contributed by atoms with E-state index in [4.69, 9.17) is 11.6 Å². The van der Waals surface area contributed by atoms with E-state index in [9.17, 15) is 4.79 Å². The van der Waals surface area contributed by atoms with Gasteiger partial charge in [-0.25, -0.2) is 0 Å². The summed E-state index contributed by atoms with van der Waals surface area (Å²) in [5.41, 5.74) is 6.93. The van der Waals surface area contributed by atoms with Gasteiger partial charge >= 0.3 is 0 Å². The number of amides is 1. The number of hydrogen-bond acceptors (Lipinski definition) is 2. The molecule has 0 atom stereocenters. The van der Waals surface area contributed by atoms with Gasteiger partial charge in [-0.2, -0.15) is 0 Å². The molecule has 3 aromatic carbocycles. The Kier molecular flexibility index (Phi) is 7.21. The van der Waals surface area contributed by atoms with Gasteiger partial charge < -0.3 is 15.2 Å². The van der Waals surface area contributed by atoms with Crippen LogP contribution in [0.15, 0.2) is 72.9 Å². The van der Waals surface area contributed by atoms with E-state index in [1.165, 1.54) is 22.1 Å². The molecule has 1 saturated heterocycles. The van der Waals surface area contributed by atoms with Gasteiger partial charge in [-0.15, -0.1) is 0 Å². The summed E-state index contributed by atoms with van der Waals surface area (Å²) in [4.78, 5) is 18.4. The molecule has 0 unspecified atom stereocenters. The number of para-hydroxylation sites is 1. The Labute approximate surface area is 212 Å². The lowest BCUT2D eigenvalue weighted by Gasteiger charge is -2.32. The molecule has 2 N–H and O–H groups in total. The summed E-state index contributed by atoms with van der Waals surface area (Å²) < 4.78 is 0. The van der Waals surface area contributed by atoms with Gasteiger partial charge in [-0.05, 0) is 85.6 Å². The second-order valence-electron chi connectivity index (χ2n) is 9.62. The maximum atomic E-state index is 12.5. The van der Waals surface area contributed by atoms with Gasteiger partial charge in [0.05, 0.1) is 17.0 Å². The van der Waals surface area contributed by atoms with E-state index in [1.807, 2.05) is 48.5 Å². The van der Waals surface area contributed by atoms with Gasteiger partial charge in [0.15, 0.2) is 0 Å². The minimum Gasteiger partial charge on any atom is -0.360 e. The van der Waals surface area contributed by atoms with E-state index in [0.29, 0.717) is 12.3 Å². The number of aryl methyl sites for hydroxylation is 1. The number of aromatic amines is 1. The van der Waals surface area contributed by atoms with Gasteiger partial charge in [-0.3, -0.25) is 4.79 Å². The number of hydrogen-bond donors (Lipinski definition) is 2. The number of nitrogens with one attached hydrogen (secondary N) is 2. The van der Waals surface area contributed by atoms with E-state index in [-0.39, 0.29) is 5.91 Å². The van der Waals surface area contributed by atoms with Crippen LogP contribution in [0.5, 0.6) is 0 Å². The van der Waals surface area contributed by atoms with Gasteiger partial charge in [0.1, 0.15) is 0 Å². The Morgan fingerprint density at radius 1 is 1.06 bits per heavy atom. The Morgan fingerprint density at radius 2 is 1.86 bits per heavy atom. The number of piperidine rings is 1. The Bertz CT molecular complexity index is 1310. The van der Waals surface area contributed by atoms with Crippen LogP contribution in [0.1, 0.15) is 41.0 Å². The van der Waals surface area contributed by atoms with Crippen LogP contribution in [0.2, 0.25) is 5.02 Å². The zero-order chi connectivity index (χ0) is 24.2. The SMILES string of the molecule is Cc1ccc(NC(=O)Cc2ccccc2)cc1CCN1CCC(c2c[nH]c3c(Cl)cccc23)CC1. The van der Waals surface area contributed by atoms with Crippen molar-refractivity contribution in [3.63, 3.8) is 0 Å². The van der Waals surface area contributed by atoms with E-state index in [2.05, 4.69) is 46.5 Å². The molecule has 1 fully saturated rings. The summed E-state index contributed by atoms with van der Waals surface area (Å²) in [5, 5.41) is 5.12. The van der Waals surface area contributed by atoms with Gasteiger partial charge in [0, 0.05) is 23.8 Å². The van der Waals surface area contributed by atoms with E-state index in [0.717, 1.165) is 60.7 Å². The summed E-state index contributed by atoms with van der Waals surface area (Å²) in [7, 11) is 0. The van der Waals surface area contributed by atoms with Crippen molar-refractivity contribution in [1.29, 1.82) is 0 Å². The molecule has 0 spiro atoms. The molecule has 35 heavy (non-hydrogen) atoms. The number of fused-ring (bicyclic) bond motifs is 1. The fraction of sp³-hybridized carbons (Fsp3) is 0.300. The van der Waals surface area contributed by atoms with Crippen LogP contribution < -0.4 is 5.32 Å². The molecule has 4 nitrogen and oxygen atoms in total. The highest BCUT2D eigenvalue weighted by molar-refractivity contribution is 6.35. The molecule has 5 heteroatoms. The lowest BCUT2D eigenvalue weighted by atomic mass is 9.89. The number of rotatable bonds is 7. The number of nitrogens with zero attached hydrogens (tertiary/aromatic N) is 1. The molecule has 1 aliphatic rings. The highest BCUT2D eigenvalue weighted by atomic mass is 35.5. The van der Waals surface area contributed by atoms with Crippen LogP contribution in [0, 0.1) is 6.92 Å². The highest BCUT2D eigenvalue weighted by Gasteiger charge is 2.23. The predicted molar refractivity (Wildman–Crippen MR) is 145 cm³/mol. The molecule has 0 aliphatic carbocycles. The van der Waals surface area contributed by atoms with Crippen LogP contribution in [0.4, 0.5) is 5.69 Å². The third-order valence-electron chi connectivity index (χ3n) is 7.26. The number of H-pyrrole nitrogens is 1. The molecule has 1 aromatic heterocycles. The summed E-state index contributed by atoms with van der Waals surface area (Å²) in [5.74, 6) is 0.593. The average Bonchev–Trinajstić information content (AvgIpc) is 3.31. The number of carbonyl (C=O) groups is 1. The van der Waals surface area contributed by atoms with Crippen LogP contribution in [-0.2, 0) is 17.6 Å². The standard InChI is InChI=1S/C30H32ClN3O/c1-21-10-11-25(33-29(35)18-22-6-3-2-4-7-22)19-24(21)14-17-34-15-12-23(13-16-34)27-20-32-30-26(27)8-5-9-28(30)31/h2-11,19-20,23,32H,12-18H2,1H3,(H,33,35). The molecule has 4 aromatic rings. The zero-order valence-electron chi connectivity index (χ0n) is 20.2. The topological polar surface area (TPSA) is 48.1 Å². The van der Waals surface area contributed by atoms with Gasteiger partial charge in [-0.1, -0.05) is 60.1 Å². The molecule has 2 heterocycles. The van der Waals surface area contributed by atoms with Crippen molar-refractivity contribution in [1.82, 2.24) is 9.88 Å². The molecular weight excluding hydrogens is 454 g/mol. The Balaban J connectivity index is 1.15. The van der Waals surface area contributed by atoms with E-state index < -0.39 is 0 Å². The van der Waals surface area contributed by atoms with Gasteiger partial charge in [0.2, 0.25) is 5.91 Å². The van der Waals surface area contributed by atoms with Crippen molar-refractivity contribution in [2.75, 3.05) is 25.0 Å². The first-order valence-corrected chi connectivity index (χ1v) is 12.9. The Hall–Kier alpha value is -3.08. The summed E-state index contributed by atoms with van der Waals surface area (Å²) in [6, 6.07) is 22.3. The highest BCUT2D eigenvalue weighted by Crippen LogP contribution is 2.35. The fourth-order valence-electron chi connectivity index (χ4n) is 5.23. The molecule has 0 bridgehead atoms. The smallest absolute Gasteiger partial charge is 0.228 e. The molecule has 180 valence electrons. The van der Waals surface area contributed by atoms with Gasteiger partial charge in [0.25, 0.3) is 0 Å². The van der Waals surface area contributed by atoms with Crippen molar-refractivity contribution >= 4 is 34.1 Å². The molecule has 0 radical (unpaired) electrons. The first-order valence-electron chi connectivity index (χ1n) is 12.5. The predicted octanol–water partition coefficient (Wildman–Crippen LogP) is 6.73. The van der Waals surface area contributed by atoms with Crippen molar-refractivity contribution < 1.29 is 4.79 Å². The Morgan fingerprint density at radius 3 is 2.66 bits per heavy atom. The maximum absolute atomic E-state index is 12.5. The molecule has 5 rings (SSSR count). The van der Waals surface area contributed by atoms with Crippen molar-refractivity contribution in [2.24, 2.45) is 0 Å². The van der Waals surface area contributed by atoms with Crippen molar-refractivity contribution in [2.45, 2.75) is 38.5 Å². The minimum absolute atomic E-state index is 0.0200. The number of aromatic nitrogens is 1. The lowest BCUT2D eigenvalue weighted by molar-refractivity contribution is -0.115. The number of halogens is 1. The molecular formula is C30H32ClN3O. The first kappa shape index (κ1) is 23.7. The average molecular weight is 486 g/mol. The summed E-state index contributed by atoms with van der Waals surface area (Å²) >= 11 is 6.36. The fourth-order valence-corrected chi connectivity index (χ4v) is 5.46. The largest absolute Gasteiger partial charge is 0.360 e.